The summed E-state index contributed by atoms with van der Waals surface area (Å²) in [7, 11) is 0. The maximum Gasteiger partial charge on any atom is 0.254 e. The van der Waals surface area contributed by atoms with Gasteiger partial charge in [0.05, 0.1) is 5.69 Å². The van der Waals surface area contributed by atoms with Crippen molar-refractivity contribution >= 4 is 0 Å². The van der Waals surface area contributed by atoms with Crippen LogP contribution in [0.1, 0.15) is 30.4 Å². The first-order chi connectivity index (χ1) is 6.69. The van der Waals surface area contributed by atoms with Gasteiger partial charge in [-0.3, -0.25) is 4.79 Å². The van der Waals surface area contributed by atoms with E-state index in [1.54, 1.807) is 6.92 Å². The van der Waals surface area contributed by atoms with E-state index in [-0.39, 0.29) is 5.56 Å². The zero-order valence-corrected chi connectivity index (χ0v) is 8.76. The Kier molecular flexibility index (Phi) is 3.83. The summed E-state index contributed by atoms with van der Waals surface area (Å²) in [5.41, 5.74) is 6.99. The van der Waals surface area contributed by atoms with Gasteiger partial charge >= 0.3 is 0 Å². The molecule has 0 atom stereocenters. The summed E-state index contributed by atoms with van der Waals surface area (Å²) < 4.78 is 0. The first kappa shape index (κ1) is 10.9. The Hall–Kier alpha value is -1.16. The van der Waals surface area contributed by atoms with Crippen LogP contribution in [-0.2, 0) is 12.8 Å². The molecule has 1 aromatic rings. The lowest BCUT2D eigenvalue weighted by Gasteiger charge is -2.04. The van der Waals surface area contributed by atoms with E-state index in [2.05, 4.69) is 9.97 Å². The molecule has 0 fully saturated rings. The molecule has 4 nitrogen and oxygen atoms in total. The van der Waals surface area contributed by atoms with E-state index in [9.17, 15) is 4.79 Å². The third-order valence-electron chi connectivity index (χ3n) is 2.25. The molecule has 1 aromatic heterocycles. The SMILES string of the molecule is CCc1nc(CCCN)[nH]c(=O)c1C. The number of H-pyrrole nitrogens is 1. The Morgan fingerprint density at radius 2 is 2.21 bits per heavy atom. The largest absolute Gasteiger partial charge is 0.330 e. The third kappa shape index (κ3) is 2.42. The molecule has 78 valence electrons. The number of hydrogen-bond donors (Lipinski definition) is 2. The van der Waals surface area contributed by atoms with Crippen LogP contribution in [0.5, 0.6) is 0 Å². The summed E-state index contributed by atoms with van der Waals surface area (Å²) in [6, 6.07) is 0. The fourth-order valence-electron chi connectivity index (χ4n) is 1.36. The van der Waals surface area contributed by atoms with Crippen LogP contribution in [0.4, 0.5) is 0 Å². The van der Waals surface area contributed by atoms with E-state index in [0.29, 0.717) is 6.54 Å². The van der Waals surface area contributed by atoms with Crippen molar-refractivity contribution in [3.05, 3.63) is 27.4 Å². The van der Waals surface area contributed by atoms with Crippen molar-refractivity contribution in [1.29, 1.82) is 0 Å². The second-order valence-electron chi connectivity index (χ2n) is 3.33. The normalized spacial score (nSPS) is 10.5. The molecular weight excluding hydrogens is 178 g/mol. The number of nitrogens with one attached hydrogen (secondary N) is 1. The van der Waals surface area contributed by atoms with Crippen molar-refractivity contribution in [2.75, 3.05) is 6.54 Å². The second kappa shape index (κ2) is 4.91. The number of aryl methyl sites for hydroxylation is 2. The van der Waals surface area contributed by atoms with Gasteiger partial charge in [0, 0.05) is 12.0 Å². The van der Waals surface area contributed by atoms with Gasteiger partial charge in [0.25, 0.3) is 5.56 Å². The molecule has 0 amide bonds. The third-order valence-corrected chi connectivity index (χ3v) is 2.25. The van der Waals surface area contributed by atoms with Crippen molar-refractivity contribution in [3.8, 4) is 0 Å². The molecule has 0 aliphatic carbocycles. The van der Waals surface area contributed by atoms with E-state index < -0.39 is 0 Å². The van der Waals surface area contributed by atoms with Gasteiger partial charge in [-0.25, -0.2) is 4.98 Å². The minimum Gasteiger partial charge on any atom is -0.330 e. The Morgan fingerprint density at radius 1 is 1.50 bits per heavy atom. The van der Waals surface area contributed by atoms with Crippen molar-refractivity contribution in [3.63, 3.8) is 0 Å². The van der Waals surface area contributed by atoms with Crippen LogP contribution in [0.25, 0.3) is 0 Å². The molecule has 0 aliphatic heterocycles. The molecule has 0 unspecified atom stereocenters. The van der Waals surface area contributed by atoms with E-state index in [4.69, 9.17) is 5.73 Å². The molecule has 0 spiro atoms. The highest BCUT2D eigenvalue weighted by Gasteiger charge is 2.04. The second-order valence-corrected chi connectivity index (χ2v) is 3.33. The summed E-state index contributed by atoms with van der Waals surface area (Å²) >= 11 is 0. The van der Waals surface area contributed by atoms with Gasteiger partial charge < -0.3 is 10.7 Å². The molecule has 0 aromatic carbocycles. The monoisotopic (exact) mass is 195 g/mol. The van der Waals surface area contributed by atoms with Crippen molar-refractivity contribution in [2.24, 2.45) is 5.73 Å². The van der Waals surface area contributed by atoms with Crippen molar-refractivity contribution in [1.82, 2.24) is 9.97 Å². The Bertz CT molecular complexity index is 357. The van der Waals surface area contributed by atoms with Gasteiger partial charge in [-0.2, -0.15) is 0 Å². The number of aromatic nitrogens is 2. The number of nitrogens with zero attached hydrogens (tertiary/aromatic N) is 1. The highest BCUT2D eigenvalue weighted by molar-refractivity contribution is 5.15. The van der Waals surface area contributed by atoms with Crippen LogP contribution < -0.4 is 11.3 Å². The fraction of sp³-hybridized carbons (Fsp3) is 0.600. The topological polar surface area (TPSA) is 71.8 Å². The number of hydrogen-bond acceptors (Lipinski definition) is 3. The minimum atomic E-state index is -0.0242. The number of aromatic amines is 1. The molecule has 1 heterocycles. The Balaban J connectivity index is 2.98. The highest BCUT2D eigenvalue weighted by Crippen LogP contribution is 2.01. The van der Waals surface area contributed by atoms with E-state index >= 15 is 0 Å². The maximum atomic E-state index is 11.5. The molecule has 0 bridgehead atoms. The lowest BCUT2D eigenvalue weighted by molar-refractivity contribution is 0.758. The first-order valence-electron chi connectivity index (χ1n) is 4.97. The number of rotatable bonds is 4. The maximum absolute atomic E-state index is 11.5. The molecule has 0 saturated heterocycles. The van der Waals surface area contributed by atoms with Crippen LogP contribution in [0.15, 0.2) is 4.79 Å². The van der Waals surface area contributed by atoms with Gasteiger partial charge in [0.15, 0.2) is 0 Å². The standard InChI is InChI=1S/C10H17N3O/c1-3-8-7(2)10(14)13-9(12-8)5-4-6-11/h3-6,11H2,1-2H3,(H,12,13,14). The highest BCUT2D eigenvalue weighted by atomic mass is 16.1. The Morgan fingerprint density at radius 3 is 2.79 bits per heavy atom. The molecule has 0 aliphatic rings. The summed E-state index contributed by atoms with van der Waals surface area (Å²) in [5.74, 6) is 0.753. The lowest BCUT2D eigenvalue weighted by atomic mass is 10.2. The summed E-state index contributed by atoms with van der Waals surface area (Å²) in [6.07, 6.45) is 2.40. The van der Waals surface area contributed by atoms with E-state index in [0.717, 1.165) is 36.3 Å². The average molecular weight is 195 g/mol. The zero-order valence-electron chi connectivity index (χ0n) is 8.76. The zero-order chi connectivity index (χ0) is 10.6. The first-order valence-corrected chi connectivity index (χ1v) is 4.97. The van der Waals surface area contributed by atoms with Gasteiger partial charge in [0.1, 0.15) is 5.82 Å². The van der Waals surface area contributed by atoms with Crippen LogP contribution in [0.2, 0.25) is 0 Å². The van der Waals surface area contributed by atoms with Crippen LogP contribution >= 0.6 is 0 Å². The van der Waals surface area contributed by atoms with Gasteiger partial charge in [-0.15, -0.1) is 0 Å². The predicted molar refractivity (Wildman–Crippen MR) is 56.3 cm³/mol. The Labute approximate surface area is 83.6 Å². The fourth-order valence-corrected chi connectivity index (χ4v) is 1.36. The van der Waals surface area contributed by atoms with E-state index in [1.165, 1.54) is 0 Å². The smallest absolute Gasteiger partial charge is 0.254 e. The summed E-state index contributed by atoms with van der Waals surface area (Å²) in [4.78, 5) is 18.6. The van der Waals surface area contributed by atoms with Gasteiger partial charge in [0.2, 0.25) is 0 Å². The van der Waals surface area contributed by atoms with Crippen molar-refractivity contribution < 1.29 is 0 Å². The van der Waals surface area contributed by atoms with E-state index in [1.807, 2.05) is 6.92 Å². The molecule has 1 rings (SSSR count). The van der Waals surface area contributed by atoms with Gasteiger partial charge in [-0.05, 0) is 26.3 Å². The molecular formula is C10H17N3O. The molecule has 4 heteroatoms. The number of nitrogens with two attached hydrogens (primary N) is 1. The van der Waals surface area contributed by atoms with Crippen LogP contribution in [0.3, 0.4) is 0 Å². The van der Waals surface area contributed by atoms with Crippen molar-refractivity contribution in [2.45, 2.75) is 33.1 Å². The van der Waals surface area contributed by atoms with Crippen LogP contribution in [0, 0.1) is 6.92 Å². The molecule has 14 heavy (non-hydrogen) atoms. The van der Waals surface area contributed by atoms with Gasteiger partial charge in [-0.1, -0.05) is 6.92 Å². The average Bonchev–Trinajstić information content (AvgIpc) is 2.19. The summed E-state index contributed by atoms with van der Waals surface area (Å²) in [6.45, 7) is 4.43. The quantitative estimate of drug-likeness (QED) is 0.736. The predicted octanol–water partition coefficient (Wildman–Crippen LogP) is 0.532. The molecule has 0 saturated carbocycles. The summed E-state index contributed by atoms with van der Waals surface area (Å²) in [5, 5.41) is 0. The molecule has 0 radical (unpaired) electrons. The lowest BCUT2D eigenvalue weighted by Crippen LogP contribution is -2.18. The minimum absolute atomic E-state index is 0.0242. The van der Waals surface area contributed by atoms with Crippen LogP contribution in [-0.4, -0.2) is 16.5 Å². The molecule has 3 N–H and O–H groups in total.